The average Bonchev–Trinajstić information content (AvgIpc) is 2.19. The van der Waals surface area contributed by atoms with Crippen LogP contribution < -0.4 is 10.1 Å². The van der Waals surface area contributed by atoms with Crippen molar-refractivity contribution in [3.8, 4) is 5.75 Å². The number of nitrogens with zero attached hydrogens (tertiary/aromatic N) is 2. The maximum absolute atomic E-state index is 4.95. The Morgan fingerprint density at radius 2 is 2.21 bits per heavy atom. The Kier molecular flexibility index (Phi) is 3.91. The predicted molar refractivity (Wildman–Crippen MR) is 56.5 cm³/mol. The normalized spacial score (nSPS) is 11.9. The Morgan fingerprint density at radius 3 is 2.71 bits per heavy atom. The van der Waals surface area contributed by atoms with Gasteiger partial charge in [-0.15, -0.1) is 6.58 Å². The Morgan fingerprint density at radius 1 is 1.57 bits per heavy atom. The predicted octanol–water partition coefficient (Wildman–Crippen LogP) is 1.86. The first-order chi connectivity index (χ1) is 6.76. The maximum Gasteiger partial charge on any atom is 0.223 e. The van der Waals surface area contributed by atoms with Crippen LogP contribution >= 0.6 is 0 Å². The van der Waals surface area contributed by atoms with E-state index in [0.29, 0.717) is 17.7 Å². The number of methoxy groups -OCH3 is 1. The molecule has 0 spiro atoms. The molecule has 0 saturated carbocycles. The lowest BCUT2D eigenvalue weighted by Crippen LogP contribution is -2.15. The Labute approximate surface area is 84.0 Å². The summed E-state index contributed by atoms with van der Waals surface area (Å²) in [5, 5.41) is 3.15. The summed E-state index contributed by atoms with van der Waals surface area (Å²) in [6, 6.07) is 0.292. The van der Waals surface area contributed by atoms with Gasteiger partial charge in [0.05, 0.1) is 19.5 Å². The summed E-state index contributed by atoms with van der Waals surface area (Å²) in [4.78, 5) is 8.18. The second kappa shape index (κ2) is 5.21. The minimum absolute atomic E-state index is 0.292. The molecule has 0 aliphatic carbocycles. The highest BCUT2D eigenvalue weighted by Gasteiger charge is 2.01. The van der Waals surface area contributed by atoms with E-state index in [4.69, 9.17) is 4.74 Å². The molecule has 0 saturated heterocycles. The summed E-state index contributed by atoms with van der Waals surface area (Å²) in [6.07, 6.45) is 6.02. The molecule has 1 unspecified atom stereocenters. The van der Waals surface area contributed by atoms with Gasteiger partial charge in [0.1, 0.15) is 0 Å². The Balaban J connectivity index is 2.54. The van der Waals surface area contributed by atoms with E-state index in [-0.39, 0.29) is 0 Å². The van der Waals surface area contributed by atoms with Gasteiger partial charge in [-0.3, -0.25) is 0 Å². The van der Waals surface area contributed by atoms with Gasteiger partial charge in [0.15, 0.2) is 5.75 Å². The molecule has 1 aromatic heterocycles. The topological polar surface area (TPSA) is 47.0 Å². The number of rotatable bonds is 5. The van der Waals surface area contributed by atoms with Gasteiger partial charge >= 0.3 is 0 Å². The van der Waals surface area contributed by atoms with Crippen molar-refractivity contribution in [3.05, 3.63) is 25.0 Å². The lowest BCUT2D eigenvalue weighted by Gasteiger charge is -2.10. The zero-order valence-electron chi connectivity index (χ0n) is 8.53. The van der Waals surface area contributed by atoms with Crippen LogP contribution in [0, 0.1) is 0 Å². The summed E-state index contributed by atoms with van der Waals surface area (Å²) in [5.74, 6) is 1.27. The van der Waals surface area contributed by atoms with Crippen molar-refractivity contribution >= 4 is 5.95 Å². The fraction of sp³-hybridized carbons (Fsp3) is 0.400. The zero-order valence-corrected chi connectivity index (χ0v) is 8.53. The van der Waals surface area contributed by atoms with E-state index >= 15 is 0 Å². The van der Waals surface area contributed by atoms with Gasteiger partial charge in [-0.2, -0.15) is 0 Å². The number of hydrogen-bond donors (Lipinski definition) is 1. The fourth-order valence-electron chi connectivity index (χ4n) is 1.03. The molecule has 1 atom stereocenters. The molecule has 1 aromatic rings. The van der Waals surface area contributed by atoms with E-state index in [1.165, 1.54) is 0 Å². The third kappa shape index (κ3) is 3.05. The molecule has 1 rings (SSSR count). The molecule has 0 radical (unpaired) electrons. The number of anilines is 1. The van der Waals surface area contributed by atoms with E-state index in [1.807, 2.05) is 6.08 Å². The summed E-state index contributed by atoms with van der Waals surface area (Å²) in [5.41, 5.74) is 0. The summed E-state index contributed by atoms with van der Waals surface area (Å²) in [6.45, 7) is 5.72. The molecule has 1 heterocycles. The van der Waals surface area contributed by atoms with E-state index in [0.717, 1.165) is 6.42 Å². The van der Waals surface area contributed by atoms with Gasteiger partial charge in [0, 0.05) is 6.04 Å². The highest BCUT2D eigenvalue weighted by atomic mass is 16.5. The molecule has 0 aliphatic heterocycles. The first-order valence-electron chi connectivity index (χ1n) is 4.49. The molecule has 76 valence electrons. The van der Waals surface area contributed by atoms with Crippen LogP contribution in [0.3, 0.4) is 0 Å². The molecule has 0 bridgehead atoms. The number of aromatic nitrogens is 2. The lowest BCUT2D eigenvalue weighted by atomic mass is 10.2. The molecule has 0 aliphatic rings. The van der Waals surface area contributed by atoms with Crippen LogP contribution in [0.4, 0.5) is 5.95 Å². The van der Waals surface area contributed by atoms with Crippen molar-refractivity contribution in [2.75, 3.05) is 12.4 Å². The first-order valence-corrected chi connectivity index (χ1v) is 4.49. The largest absolute Gasteiger partial charge is 0.494 e. The highest BCUT2D eigenvalue weighted by molar-refractivity contribution is 5.28. The van der Waals surface area contributed by atoms with Gasteiger partial charge in [-0.25, -0.2) is 9.97 Å². The molecule has 0 amide bonds. The van der Waals surface area contributed by atoms with Crippen LogP contribution in [0.15, 0.2) is 25.0 Å². The van der Waals surface area contributed by atoms with Crippen LogP contribution in [0.25, 0.3) is 0 Å². The average molecular weight is 193 g/mol. The van der Waals surface area contributed by atoms with Crippen LogP contribution in [-0.2, 0) is 0 Å². The van der Waals surface area contributed by atoms with Crippen molar-refractivity contribution < 1.29 is 4.74 Å². The third-order valence-corrected chi connectivity index (χ3v) is 1.76. The molecular weight excluding hydrogens is 178 g/mol. The van der Waals surface area contributed by atoms with Gasteiger partial charge in [0.2, 0.25) is 5.95 Å². The van der Waals surface area contributed by atoms with Gasteiger partial charge < -0.3 is 10.1 Å². The summed E-state index contributed by atoms with van der Waals surface area (Å²) in [7, 11) is 1.59. The van der Waals surface area contributed by atoms with Crippen molar-refractivity contribution in [3.63, 3.8) is 0 Å². The minimum atomic E-state index is 0.292. The first kappa shape index (κ1) is 10.5. The monoisotopic (exact) mass is 193 g/mol. The molecule has 4 heteroatoms. The molecule has 0 fully saturated rings. The van der Waals surface area contributed by atoms with Gasteiger partial charge in [-0.05, 0) is 13.3 Å². The van der Waals surface area contributed by atoms with E-state index < -0.39 is 0 Å². The molecular formula is C10H15N3O. The minimum Gasteiger partial charge on any atom is -0.494 e. The van der Waals surface area contributed by atoms with E-state index in [1.54, 1.807) is 19.5 Å². The molecule has 4 nitrogen and oxygen atoms in total. The lowest BCUT2D eigenvalue weighted by molar-refractivity contribution is 0.411. The number of nitrogens with one attached hydrogen (secondary N) is 1. The van der Waals surface area contributed by atoms with Crippen molar-refractivity contribution in [2.24, 2.45) is 0 Å². The van der Waals surface area contributed by atoms with Crippen molar-refractivity contribution in [1.82, 2.24) is 9.97 Å². The zero-order chi connectivity index (χ0) is 10.4. The molecule has 0 aromatic carbocycles. The third-order valence-electron chi connectivity index (χ3n) is 1.76. The standard InChI is InChI=1S/C10H15N3O/c1-4-5-8(2)13-10-11-6-9(14-3)7-12-10/h4,6-8H,1,5H2,2-3H3,(H,11,12,13). The Hall–Kier alpha value is -1.58. The van der Waals surface area contributed by atoms with Crippen LogP contribution in [0.1, 0.15) is 13.3 Å². The van der Waals surface area contributed by atoms with Crippen LogP contribution in [-0.4, -0.2) is 23.1 Å². The van der Waals surface area contributed by atoms with E-state index in [9.17, 15) is 0 Å². The molecule has 14 heavy (non-hydrogen) atoms. The van der Waals surface area contributed by atoms with Gasteiger partial charge in [0.25, 0.3) is 0 Å². The van der Waals surface area contributed by atoms with Crippen molar-refractivity contribution in [1.29, 1.82) is 0 Å². The van der Waals surface area contributed by atoms with Gasteiger partial charge in [-0.1, -0.05) is 6.08 Å². The SMILES string of the molecule is C=CCC(C)Nc1ncc(OC)cn1. The second-order valence-electron chi connectivity index (χ2n) is 3.02. The Bertz CT molecular complexity index is 284. The molecule has 1 N–H and O–H groups in total. The van der Waals surface area contributed by atoms with E-state index in [2.05, 4.69) is 28.8 Å². The second-order valence-corrected chi connectivity index (χ2v) is 3.02. The highest BCUT2D eigenvalue weighted by Crippen LogP contribution is 2.08. The quantitative estimate of drug-likeness (QED) is 0.725. The number of hydrogen-bond acceptors (Lipinski definition) is 4. The van der Waals surface area contributed by atoms with Crippen LogP contribution in [0.2, 0.25) is 0 Å². The number of ether oxygens (including phenoxy) is 1. The van der Waals surface area contributed by atoms with Crippen molar-refractivity contribution in [2.45, 2.75) is 19.4 Å². The van der Waals surface area contributed by atoms with Crippen LogP contribution in [0.5, 0.6) is 5.75 Å². The maximum atomic E-state index is 4.95. The smallest absolute Gasteiger partial charge is 0.223 e. The summed E-state index contributed by atoms with van der Waals surface area (Å²) >= 11 is 0. The summed E-state index contributed by atoms with van der Waals surface area (Å²) < 4.78 is 4.95. The fourth-order valence-corrected chi connectivity index (χ4v) is 1.03.